The number of aliphatic hydroxyl groups is 1. The van der Waals surface area contributed by atoms with Gasteiger partial charge in [-0.1, -0.05) is 6.92 Å². The SMILES string of the molecule is CCN1CCCC(O)(Cc2cc(C)nn2CC)CC1. The van der Waals surface area contributed by atoms with Crippen LogP contribution < -0.4 is 0 Å². The van der Waals surface area contributed by atoms with E-state index in [9.17, 15) is 5.11 Å². The van der Waals surface area contributed by atoms with E-state index in [1.54, 1.807) is 0 Å². The van der Waals surface area contributed by atoms with Gasteiger partial charge in [0.15, 0.2) is 0 Å². The number of likely N-dealkylation sites (tertiary alicyclic amines) is 1. The number of hydrogen-bond acceptors (Lipinski definition) is 3. The van der Waals surface area contributed by atoms with Crippen molar-refractivity contribution in [3.05, 3.63) is 17.5 Å². The third-order valence-corrected chi connectivity index (χ3v) is 4.25. The molecular formula is C15H27N3O. The average Bonchev–Trinajstić information content (AvgIpc) is 2.61. The minimum Gasteiger partial charge on any atom is -0.389 e. The minimum atomic E-state index is -0.552. The molecule has 4 nitrogen and oxygen atoms in total. The van der Waals surface area contributed by atoms with Crippen LogP contribution in [0.2, 0.25) is 0 Å². The predicted molar refractivity (Wildman–Crippen MR) is 77.3 cm³/mol. The van der Waals surface area contributed by atoms with Crippen LogP contribution >= 0.6 is 0 Å². The van der Waals surface area contributed by atoms with Crippen molar-refractivity contribution in [2.45, 2.75) is 58.6 Å². The van der Waals surface area contributed by atoms with Crippen molar-refractivity contribution in [2.24, 2.45) is 0 Å². The Morgan fingerprint density at radius 3 is 2.74 bits per heavy atom. The molecule has 1 aliphatic rings. The van der Waals surface area contributed by atoms with Gasteiger partial charge in [0, 0.05) is 25.2 Å². The molecule has 1 aromatic rings. The number of nitrogens with zero attached hydrogens (tertiary/aromatic N) is 3. The molecule has 0 spiro atoms. The molecular weight excluding hydrogens is 238 g/mol. The Kier molecular flexibility index (Phi) is 4.63. The standard InChI is InChI=1S/C15H27N3O/c1-4-17-9-6-7-15(19,8-10-17)12-14-11-13(3)16-18(14)5-2/h11,19H,4-10,12H2,1-3H3. The van der Waals surface area contributed by atoms with Crippen LogP contribution in [0.3, 0.4) is 0 Å². The molecule has 1 aromatic heterocycles. The number of rotatable bonds is 4. The van der Waals surface area contributed by atoms with Gasteiger partial charge in [-0.05, 0) is 52.3 Å². The van der Waals surface area contributed by atoms with Crippen LogP contribution in [-0.2, 0) is 13.0 Å². The zero-order chi connectivity index (χ0) is 13.9. The monoisotopic (exact) mass is 265 g/mol. The van der Waals surface area contributed by atoms with Crippen LogP contribution in [0.1, 0.15) is 44.5 Å². The molecule has 19 heavy (non-hydrogen) atoms. The Bertz CT molecular complexity index is 416. The van der Waals surface area contributed by atoms with E-state index in [1.165, 1.54) is 5.69 Å². The van der Waals surface area contributed by atoms with E-state index in [1.807, 2.05) is 11.6 Å². The highest BCUT2D eigenvalue weighted by atomic mass is 16.3. The minimum absolute atomic E-state index is 0.552. The van der Waals surface area contributed by atoms with Gasteiger partial charge in [-0.25, -0.2) is 0 Å². The molecule has 0 aliphatic carbocycles. The largest absolute Gasteiger partial charge is 0.389 e. The smallest absolute Gasteiger partial charge is 0.0715 e. The molecule has 1 fully saturated rings. The highest BCUT2D eigenvalue weighted by molar-refractivity contribution is 5.12. The van der Waals surface area contributed by atoms with Gasteiger partial charge < -0.3 is 10.0 Å². The Balaban J connectivity index is 2.07. The summed E-state index contributed by atoms with van der Waals surface area (Å²) in [7, 11) is 0. The van der Waals surface area contributed by atoms with Crippen LogP contribution in [-0.4, -0.2) is 45.0 Å². The number of aromatic nitrogens is 2. The summed E-state index contributed by atoms with van der Waals surface area (Å²) in [6.07, 6.45) is 3.59. The fourth-order valence-electron chi connectivity index (χ4n) is 3.08. The summed E-state index contributed by atoms with van der Waals surface area (Å²) in [5.41, 5.74) is 1.67. The first kappa shape index (κ1) is 14.5. The van der Waals surface area contributed by atoms with Crippen LogP contribution in [0.5, 0.6) is 0 Å². The second-order valence-electron chi connectivity index (χ2n) is 5.78. The molecule has 0 aromatic carbocycles. The Hall–Kier alpha value is -0.870. The molecule has 1 N–H and O–H groups in total. The summed E-state index contributed by atoms with van der Waals surface area (Å²) in [5.74, 6) is 0. The van der Waals surface area contributed by atoms with Crippen LogP contribution in [0.25, 0.3) is 0 Å². The maximum Gasteiger partial charge on any atom is 0.0715 e. The molecule has 1 saturated heterocycles. The third-order valence-electron chi connectivity index (χ3n) is 4.25. The van der Waals surface area contributed by atoms with Gasteiger partial charge in [0.05, 0.1) is 11.3 Å². The molecule has 108 valence electrons. The molecule has 1 unspecified atom stereocenters. The van der Waals surface area contributed by atoms with Gasteiger partial charge in [0.1, 0.15) is 0 Å². The third kappa shape index (κ3) is 3.57. The lowest BCUT2D eigenvalue weighted by Gasteiger charge is -2.27. The van der Waals surface area contributed by atoms with Crippen molar-refractivity contribution < 1.29 is 5.11 Å². The number of hydrogen-bond donors (Lipinski definition) is 1. The van der Waals surface area contributed by atoms with E-state index < -0.39 is 5.60 Å². The maximum absolute atomic E-state index is 10.9. The van der Waals surface area contributed by atoms with Gasteiger partial charge in [-0.2, -0.15) is 5.10 Å². The fourth-order valence-corrected chi connectivity index (χ4v) is 3.08. The summed E-state index contributed by atoms with van der Waals surface area (Å²) in [5, 5.41) is 15.4. The molecule has 0 amide bonds. The molecule has 1 aliphatic heterocycles. The first-order valence-electron chi connectivity index (χ1n) is 7.54. The molecule has 2 heterocycles. The zero-order valence-electron chi connectivity index (χ0n) is 12.5. The quantitative estimate of drug-likeness (QED) is 0.905. The van der Waals surface area contributed by atoms with Gasteiger partial charge in [-0.15, -0.1) is 0 Å². The summed E-state index contributed by atoms with van der Waals surface area (Å²) >= 11 is 0. The molecule has 0 radical (unpaired) electrons. The highest BCUT2D eigenvalue weighted by Gasteiger charge is 2.31. The van der Waals surface area contributed by atoms with Gasteiger partial charge in [-0.3, -0.25) is 4.68 Å². The first-order valence-corrected chi connectivity index (χ1v) is 7.54. The van der Waals surface area contributed by atoms with E-state index >= 15 is 0 Å². The van der Waals surface area contributed by atoms with E-state index in [-0.39, 0.29) is 0 Å². The average molecular weight is 265 g/mol. The van der Waals surface area contributed by atoms with E-state index in [2.05, 4.69) is 29.9 Å². The van der Waals surface area contributed by atoms with E-state index in [0.29, 0.717) is 0 Å². The topological polar surface area (TPSA) is 41.3 Å². The first-order chi connectivity index (χ1) is 9.06. The van der Waals surface area contributed by atoms with Crippen molar-refractivity contribution in [3.63, 3.8) is 0 Å². The summed E-state index contributed by atoms with van der Waals surface area (Å²) in [4.78, 5) is 2.43. The molecule has 2 rings (SSSR count). The summed E-state index contributed by atoms with van der Waals surface area (Å²) in [6, 6.07) is 2.12. The van der Waals surface area contributed by atoms with Gasteiger partial charge in [0.25, 0.3) is 0 Å². The molecule has 1 atom stereocenters. The number of aryl methyl sites for hydroxylation is 2. The summed E-state index contributed by atoms with van der Waals surface area (Å²) in [6.45, 7) is 10.4. The molecule has 4 heteroatoms. The predicted octanol–water partition coefficient (Wildman–Crippen LogP) is 1.99. The molecule has 0 bridgehead atoms. The Labute approximate surface area is 116 Å². The second-order valence-corrected chi connectivity index (χ2v) is 5.78. The van der Waals surface area contributed by atoms with Crippen molar-refractivity contribution in [1.29, 1.82) is 0 Å². The van der Waals surface area contributed by atoms with Gasteiger partial charge >= 0.3 is 0 Å². The van der Waals surface area contributed by atoms with Crippen molar-refractivity contribution >= 4 is 0 Å². The van der Waals surface area contributed by atoms with Crippen molar-refractivity contribution in [3.8, 4) is 0 Å². The van der Waals surface area contributed by atoms with Gasteiger partial charge in [0.2, 0.25) is 0 Å². The second kappa shape index (κ2) is 6.06. The maximum atomic E-state index is 10.9. The lowest BCUT2D eigenvalue weighted by molar-refractivity contribution is 0.0239. The normalized spacial score (nSPS) is 25.5. The van der Waals surface area contributed by atoms with Crippen LogP contribution in [0, 0.1) is 6.92 Å². The Morgan fingerprint density at radius 1 is 1.26 bits per heavy atom. The lowest BCUT2D eigenvalue weighted by Crippen LogP contribution is -2.34. The van der Waals surface area contributed by atoms with E-state index in [4.69, 9.17) is 0 Å². The summed E-state index contributed by atoms with van der Waals surface area (Å²) < 4.78 is 2.02. The van der Waals surface area contributed by atoms with Crippen molar-refractivity contribution in [2.75, 3.05) is 19.6 Å². The lowest BCUT2D eigenvalue weighted by atomic mass is 9.89. The van der Waals surface area contributed by atoms with Crippen LogP contribution in [0.15, 0.2) is 6.07 Å². The molecule has 0 saturated carbocycles. The zero-order valence-corrected chi connectivity index (χ0v) is 12.5. The highest BCUT2D eigenvalue weighted by Crippen LogP contribution is 2.26. The van der Waals surface area contributed by atoms with E-state index in [0.717, 1.165) is 57.6 Å². The fraction of sp³-hybridized carbons (Fsp3) is 0.800. The Morgan fingerprint density at radius 2 is 2.05 bits per heavy atom. The van der Waals surface area contributed by atoms with Crippen molar-refractivity contribution in [1.82, 2.24) is 14.7 Å². The van der Waals surface area contributed by atoms with Crippen LogP contribution in [0.4, 0.5) is 0 Å².